The topological polar surface area (TPSA) is 82.5 Å². The van der Waals surface area contributed by atoms with Crippen LogP contribution in [0.2, 0.25) is 0 Å². The molecule has 0 unspecified atom stereocenters. The highest BCUT2D eigenvalue weighted by molar-refractivity contribution is 6.44. The third-order valence-electron chi connectivity index (χ3n) is 2.89. The third-order valence-corrected chi connectivity index (χ3v) is 2.89. The summed E-state index contributed by atoms with van der Waals surface area (Å²) in [4.78, 5) is 29.1. The summed E-state index contributed by atoms with van der Waals surface area (Å²) in [7, 11) is 1.48. The number of hydrogen-bond acceptors (Lipinski definition) is 4. The molecule has 0 aliphatic carbocycles. The number of aryl methyl sites for hydroxylation is 1. The molecule has 108 valence electrons. The highest BCUT2D eigenvalue weighted by Gasteiger charge is 2.20. The maximum absolute atomic E-state index is 12.0. The number of aromatic hydroxyl groups is 1. The number of rotatable bonds is 2. The van der Waals surface area contributed by atoms with Crippen LogP contribution in [-0.2, 0) is 9.59 Å². The molecule has 0 fully saturated rings. The van der Waals surface area contributed by atoms with Crippen molar-refractivity contribution in [1.29, 1.82) is 0 Å². The van der Waals surface area contributed by atoms with Crippen molar-refractivity contribution in [2.24, 2.45) is 0 Å². The molecule has 0 saturated heterocycles. The predicted octanol–water partition coefficient (Wildman–Crippen LogP) is 1.70. The van der Waals surface area contributed by atoms with Crippen molar-refractivity contribution in [3.8, 4) is 5.75 Å². The van der Waals surface area contributed by atoms with Gasteiger partial charge in [0.25, 0.3) is 0 Å². The van der Waals surface area contributed by atoms with Crippen LogP contribution in [0.4, 0.5) is 11.5 Å². The molecule has 0 spiro atoms. The Morgan fingerprint density at radius 3 is 2.38 bits per heavy atom. The molecule has 0 saturated carbocycles. The molecule has 2 rings (SSSR count). The second-order valence-corrected chi connectivity index (χ2v) is 4.56. The van der Waals surface area contributed by atoms with Gasteiger partial charge in [-0.05, 0) is 42.8 Å². The van der Waals surface area contributed by atoms with Gasteiger partial charge >= 0.3 is 11.8 Å². The Balaban J connectivity index is 2.06. The molecule has 6 nitrogen and oxygen atoms in total. The van der Waals surface area contributed by atoms with Crippen LogP contribution in [0.1, 0.15) is 5.56 Å². The number of nitrogens with zero attached hydrogens (tertiary/aromatic N) is 2. The summed E-state index contributed by atoms with van der Waals surface area (Å²) >= 11 is 0. The third kappa shape index (κ3) is 3.56. The van der Waals surface area contributed by atoms with Gasteiger partial charge in [-0.15, -0.1) is 0 Å². The van der Waals surface area contributed by atoms with Gasteiger partial charge in [0, 0.05) is 18.9 Å². The molecule has 2 aromatic rings. The lowest BCUT2D eigenvalue weighted by Gasteiger charge is -2.16. The van der Waals surface area contributed by atoms with Crippen molar-refractivity contribution < 1.29 is 14.7 Å². The molecular formula is C15H15N3O3. The molecule has 2 N–H and O–H groups in total. The fourth-order valence-corrected chi connectivity index (χ4v) is 1.66. The summed E-state index contributed by atoms with van der Waals surface area (Å²) in [6.07, 6.45) is 1.60. The van der Waals surface area contributed by atoms with E-state index in [0.29, 0.717) is 11.5 Å². The number of nitrogens with one attached hydrogen (secondary N) is 1. The largest absolute Gasteiger partial charge is 0.508 e. The van der Waals surface area contributed by atoms with Gasteiger partial charge in [-0.25, -0.2) is 4.98 Å². The normalized spacial score (nSPS) is 10.0. The van der Waals surface area contributed by atoms with E-state index in [2.05, 4.69) is 10.3 Å². The molecule has 0 radical (unpaired) electrons. The van der Waals surface area contributed by atoms with Crippen molar-refractivity contribution in [3.63, 3.8) is 0 Å². The van der Waals surface area contributed by atoms with Crippen molar-refractivity contribution in [2.45, 2.75) is 6.92 Å². The number of benzene rings is 1. The molecule has 1 aromatic carbocycles. The van der Waals surface area contributed by atoms with Crippen LogP contribution in [0.3, 0.4) is 0 Å². The number of carbonyl (C=O) groups excluding carboxylic acids is 2. The van der Waals surface area contributed by atoms with E-state index in [1.54, 1.807) is 30.5 Å². The van der Waals surface area contributed by atoms with Crippen LogP contribution in [0, 0.1) is 6.92 Å². The van der Waals surface area contributed by atoms with Crippen LogP contribution in [0.5, 0.6) is 5.75 Å². The van der Waals surface area contributed by atoms with Gasteiger partial charge in [-0.1, -0.05) is 6.07 Å². The lowest BCUT2D eigenvalue weighted by molar-refractivity contribution is -0.134. The lowest BCUT2D eigenvalue weighted by Crippen LogP contribution is -2.37. The van der Waals surface area contributed by atoms with Gasteiger partial charge < -0.3 is 15.3 Å². The number of likely N-dealkylation sites (N-methyl/N-ethyl adjacent to an activating group) is 1. The van der Waals surface area contributed by atoms with E-state index < -0.39 is 11.8 Å². The van der Waals surface area contributed by atoms with Crippen LogP contribution in [-0.4, -0.2) is 29.0 Å². The Hall–Kier alpha value is -2.89. The van der Waals surface area contributed by atoms with Gasteiger partial charge in [0.1, 0.15) is 11.6 Å². The molecule has 0 aliphatic rings. The zero-order valence-electron chi connectivity index (χ0n) is 11.7. The number of hydrogen-bond donors (Lipinski definition) is 2. The Bertz CT molecular complexity index is 651. The van der Waals surface area contributed by atoms with Crippen molar-refractivity contribution in [2.75, 3.05) is 17.3 Å². The van der Waals surface area contributed by atoms with E-state index >= 15 is 0 Å². The van der Waals surface area contributed by atoms with E-state index in [-0.39, 0.29) is 5.75 Å². The lowest BCUT2D eigenvalue weighted by atomic mass is 10.2. The molecule has 21 heavy (non-hydrogen) atoms. The number of aromatic nitrogens is 1. The van der Waals surface area contributed by atoms with Gasteiger partial charge in [0.2, 0.25) is 0 Å². The highest BCUT2D eigenvalue weighted by atomic mass is 16.3. The second kappa shape index (κ2) is 6.04. The molecule has 0 atom stereocenters. The highest BCUT2D eigenvalue weighted by Crippen LogP contribution is 2.17. The predicted molar refractivity (Wildman–Crippen MR) is 79.1 cm³/mol. The molecule has 0 bridgehead atoms. The molecule has 1 aromatic heterocycles. The molecule has 1 heterocycles. The smallest absolute Gasteiger partial charge is 0.316 e. The van der Waals surface area contributed by atoms with Gasteiger partial charge in [-0.2, -0.15) is 0 Å². The van der Waals surface area contributed by atoms with E-state index in [4.69, 9.17) is 0 Å². The Kier molecular flexibility index (Phi) is 4.18. The summed E-state index contributed by atoms with van der Waals surface area (Å²) < 4.78 is 0. The molecule has 6 heteroatoms. The van der Waals surface area contributed by atoms with Crippen LogP contribution in [0.25, 0.3) is 0 Å². The summed E-state index contributed by atoms with van der Waals surface area (Å²) in [5.74, 6) is -1.09. The average molecular weight is 285 g/mol. The minimum atomic E-state index is -0.776. The maximum atomic E-state index is 12.0. The quantitative estimate of drug-likeness (QED) is 0.823. The zero-order valence-corrected chi connectivity index (χ0v) is 11.7. The van der Waals surface area contributed by atoms with E-state index in [0.717, 1.165) is 5.56 Å². The van der Waals surface area contributed by atoms with Crippen molar-refractivity contribution >= 4 is 23.3 Å². The number of phenolic OH excluding ortho intramolecular Hbond substituents is 1. The first kappa shape index (κ1) is 14.5. The summed E-state index contributed by atoms with van der Waals surface area (Å²) in [5.41, 5.74) is 1.46. The standard InChI is InChI=1S/C15H15N3O3/c1-10-3-8-13(16-9-10)17-14(20)15(21)18(2)11-4-6-12(19)7-5-11/h3-9,19H,1-2H3,(H,16,17,20). The summed E-state index contributed by atoms with van der Waals surface area (Å²) in [5, 5.41) is 11.7. The first-order valence-electron chi connectivity index (χ1n) is 6.28. The minimum absolute atomic E-state index is 0.0907. The number of pyridine rings is 1. The van der Waals surface area contributed by atoms with Gasteiger partial charge in [-0.3, -0.25) is 9.59 Å². The van der Waals surface area contributed by atoms with E-state index in [9.17, 15) is 14.7 Å². The van der Waals surface area contributed by atoms with Crippen molar-refractivity contribution in [1.82, 2.24) is 4.98 Å². The Morgan fingerprint density at radius 2 is 1.81 bits per heavy atom. The SMILES string of the molecule is Cc1ccc(NC(=O)C(=O)N(C)c2ccc(O)cc2)nc1. The van der Waals surface area contributed by atoms with E-state index in [1.165, 1.54) is 24.1 Å². The number of anilines is 2. The molecule has 2 amide bonds. The number of amides is 2. The first-order valence-corrected chi connectivity index (χ1v) is 6.28. The number of carbonyl (C=O) groups is 2. The first-order chi connectivity index (χ1) is 9.97. The number of phenols is 1. The summed E-state index contributed by atoms with van der Waals surface area (Å²) in [6, 6.07) is 9.39. The minimum Gasteiger partial charge on any atom is -0.508 e. The fourth-order valence-electron chi connectivity index (χ4n) is 1.66. The van der Waals surface area contributed by atoms with Crippen LogP contribution >= 0.6 is 0 Å². The second-order valence-electron chi connectivity index (χ2n) is 4.56. The maximum Gasteiger partial charge on any atom is 0.316 e. The summed E-state index contributed by atoms with van der Waals surface area (Å²) in [6.45, 7) is 1.88. The van der Waals surface area contributed by atoms with E-state index in [1.807, 2.05) is 6.92 Å². The molecular weight excluding hydrogens is 270 g/mol. The van der Waals surface area contributed by atoms with Crippen LogP contribution < -0.4 is 10.2 Å². The monoisotopic (exact) mass is 285 g/mol. The van der Waals surface area contributed by atoms with Crippen molar-refractivity contribution in [3.05, 3.63) is 48.2 Å². The molecule has 0 aliphatic heterocycles. The Labute approximate surface area is 122 Å². The Morgan fingerprint density at radius 1 is 1.14 bits per heavy atom. The van der Waals surface area contributed by atoms with Gasteiger partial charge in [0.05, 0.1) is 0 Å². The fraction of sp³-hybridized carbons (Fsp3) is 0.133. The zero-order chi connectivity index (χ0) is 15.4. The average Bonchev–Trinajstić information content (AvgIpc) is 2.49. The van der Waals surface area contributed by atoms with Crippen LogP contribution in [0.15, 0.2) is 42.6 Å². The van der Waals surface area contributed by atoms with Gasteiger partial charge in [0.15, 0.2) is 0 Å².